The highest BCUT2D eigenvalue weighted by molar-refractivity contribution is 7.09. The molecular weight excluding hydrogens is 218 g/mol. The molecule has 0 saturated heterocycles. The smallest absolute Gasteiger partial charge is 0.110 e. The monoisotopic (exact) mass is 241 g/mol. The number of hydrogen-bond acceptors (Lipinski definition) is 4. The number of aryl methyl sites for hydroxylation is 1. The highest BCUT2D eigenvalue weighted by atomic mass is 32.1. The third-order valence-corrected chi connectivity index (χ3v) is 3.67. The molecule has 0 spiro atoms. The second-order valence-electron chi connectivity index (χ2n) is 4.37. The molecule has 1 aromatic rings. The largest absolute Gasteiger partial charge is 0.317 e. The van der Waals surface area contributed by atoms with E-state index in [1.54, 1.807) is 11.3 Å². The van der Waals surface area contributed by atoms with E-state index in [1.807, 2.05) is 6.92 Å². The van der Waals surface area contributed by atoms with E-state index in [0.29, 0.717) is 12.0 Å². The minimum Gasteiger partial charge on any atom is -0.317 e. The summed E-state index contributed by atoms with van der Waals surface area (Å²) in [6.07, 6.45) is 0. The second kappa shape index (κ2) is 6.99. The first-order valence-corrected chi connectivity index (χ1v) is 6.87. The maximum atomic E-state index is 4.49. The third-order valence-electron chi connectivity index (χ3n) is 2.52. The van der Waals surface area contributed by atoms with Crippen molar-refractivity contribution in [2.24, 2.45) is 5.92 Å². The summed E-state index contributed by atoms with van der Waals surface area (Å²) in [4.78, 5) is 4.49. The van der Waals surface area contributed by atoms with Crippen LogP contribution >= 0.6 is 11.3 Å². The van der Waals surface area contributed by atoms with Gasteiger partial charge in [0.05, 0.1) is 6.04 Å². The molecule has 0 aromatic carbocycles. The zero-order chi connectivity index (χ0) is 12.0. The summed E-state index contributed by atoms with van der Waals surface area (Å²) in [7, 11) is 0. The molecule has 1 aromatic heterocycles. The SMILES string of the molecule is CCNCC(C)CNC(C)c1nc(C)cs1. The van der Waals surface area contributed by atoms with Crippen molar-refractivity contribution >= 4 is 11.3 Å². The van der Waals surface area contributed by atoms with Gasteiger partial charge in [0.15, 0.2) is 0 Å². The van der Waals surface area contributed by atoms with E-state index < -0.39 is 0 Å². The van der Waals surface area contributed by atoms with Gasteiger partial charge in [-0.25, -0.2) is 4.98 Å². The van der Waals surface area contributed by atoms with Gasteiger partial charge < -0.3 is 10.6 Å². The maximum absolute atomic E-state index is 4.49. The third kappa shape index (κ3) is 4.60. The molecule has 0 aliphatic carbocycles. The van der Waals surface area contributed by atoms with Gasteiger partial charge in [0, 0.05) is 11.1 Å². The number of nitrogens with one attached hydrogen (secondary N) is 2. The number of hydrogen-bond donors (Lipinski definition) is 2. The molecular formula is C12H23N3S. The van der Waals surface area contributed by atoms with Crippen molar-refractivity contribution in [3.63, 3.8) is 0 Å². The molecule has 1 rings (SSSR count). The molecule has 2 atom stereocenters. The second-order valence-corrected chi connectivity index (χ2v) is 5.26. The molecule has 2 N–H and O–H groups in total. The van der Waals surface area contributed by atoms with Crippen LogP contribution in [0.4, 0.5) is 0 Å². The van der Waals surface area contributed by atoms with Crippen molar-refractivity contribution < 1.29 is 0 Å². The summed E-state index contributed by atoms with van der Waals surface area (Å²) in [6, 6.07) is 0.364. The standard InChI is InChI=1S/C12H23N3S/c1-5-13-6-9(2)7-14-11(4)12-15-10(3)8-16-12/h8-9,11,13-14H,5-7H2,1-4H3. The fourth-order valence-corrected chi connectivity index (χ4v) is 2.33. The predicted molar refractivity (Wildman–Crippen MR) is 71.0 cm³/mol. The summed E-state index contributed by atoms with van der Waals surface area (Å²) >= 11 is 1.74. The molecule has 0 aliphatic heterocycles. The Morgan fingerprint density at radius 1 is 1.38 bits per heavy atom. The first-order valence-electron chi connectivity index (χ1n) is 5.99. The van der Waals surface area contributed by atoms with Crippen molar-refractivity contribution in [2.45, 2.75) is 33.7 Å². The lowest BCUT2D eigenvalue weighted by atomic mass is 10.1. The van der Waals surface area contributed by atoms with Crippen LogP contribution in [0.25, 0.3) is 0 Å². The quantitative estimate of drug-likeness (QED) is 0.769. The first kappa shape index (κ1) is 13.6. The van der Waals surface area contributed by atoms with Crippen LogP contribution in [0.2, 0.25) is 0 Å². The Hall–Kier alpha value is -0.450. The minimum atomic E-state index is 0.364. The van der Waals surface area contributed by atoms with Gasteiger partial charge in [-0.3, -0.25) is 0 Å². The van der Waals surface area contributed by atoms with Crippen molar-refractivity contribution in [2.75, 3.05) is 19.6 Å². The van der Waals surface area contributed by atoms with Crippen molar-refractivity contribution in [1.82, 2.24) is 15.6 Å². The fraction of sp³-hybridized carbons (Fsp3) is 0.750. The lowest BCUT2D eigenvalue weighted by molar-refractivity contribution is 0.447. The highest BCUT2D eigenvalue weighted by Gasteiger charge is 2.10. The summed E-state index contributed by atoms with van der Waals surface area (Å²) in [5, 5.41) is 10.2. The summed E-state index contributed by atoms with van der Waals surface area (Å²) in [5.41, 5.74) is 1.12. The summed E-state index contributed by atoms with van der Waals surface area (Å²) in [5.74, 6) is 0.656. The lowest BCUT2D eigenvalue weighted by Crippen LogP contribution is -2.30. The molecule has 0 bridgehead atoms. The number of rotatable bonds is 7. The molecule has 2 unspecified atom stereocenters. The van der Waals surface area contributed by atoms with Crippen LogP contribution in [0.1, 0.15) is 37.5 Å². The van der Waals surface area contributed by atoms with Crippen LogP contribution < -0.4 is 10.6 Å². The number of thiazole rings is 1. The Balaban J connectivity index is 2.27. The van der Waals surface area contributed by atoms with Crippen LogP contribution in [-0.2, 0) is 0 Å². The van der Waals surface area contributed by atoms with E-state index in [2.05, 4.69) is 41.8 Å². The van der Waals surface area contributed by atoms with Crippen LogP contribution in [-0.4, -0.2) is 24.6 Å². The van der Waals surface area contributed by atoms with Gasteiger partial charge in [-0.05, 0) is 39.4 Å². The predicted octanol–water partition coefficient (Wildman–Crippen LogP) is 2.35. The topological polar surface area (TPSA) is 37.0 Å². The zero-order valence-corrected chi connectivity index (χ0v) is 11.5. The fourth-order valence-electron chi connectivity index (χ4n) is 1.50. The molecule has 1 heterocycles. The minimum absolute atomic E-state index is 0.364. The van der Waals surface area contributed by atoms with Crippen molar-refractivity contribution in [3.05, 3.63) is 16.1 Å². The van der Waals surface area contributed by atoms with Gasteiger partial charge in [-0.1, -0.05) is 13.8 Å². The van der Waals surface area contributed by atoms with E-state index in [1.165, 1.54) is 5.01 Å². The van der Waals surface area contributed by atoms with Gasteiger partial charge in [0.1, 0.15) is 5.01 Å². The van der Waals surface area contributed by atoms with Gasteiger partial charge in [0.2, 0.25) is 0 Å². The summed E-state index contributed by atoms with van der Waals surface area (Å²) < 4.78 is 0. The van der Waals surface area contributed by atoms with Crippen LogP contribution in [0, 0.1) is 12.8 Å². The molecule has 0 saturated carbocycles. The van der Waals surface area contributed by atoms with Crippen molar-refractivity contribution in [3.8, 4) is 0 Å². The zero-order valence-electron chi connectivity index (χ0n) is 10.7. The molecule has 0 aliphatic rings. The van der Waals surface area contributed by atoms with Crippen LogP contribution in [0.5, 0.6) is 0 Å². The Labute approximate surface area is 103 Å². The van der Waals surface area contributed by atoms with Gasteiger partial charge in [-0.15, -0.1) is 11.3 Å². The average Bonchev–Trinajstić information content (AvgIpc) is 2.69. The van der Waals surface area contributed by atoms with Crippen LogP contribution in [0.15, 0.2) is 5.38 Å². The normalized spacial score (nSPS) is 15.0. The molecule has 0 amide bonds. The highest BCUT2D eigenvalue weighted by Crippen LogP contribution is 2.17. The van der Waals surface area contributed by atoms with E-state index in [9.17, 15) is 0 Å². The van der Waals surface area contributed by atoms with Crippen molar-refractivity contribution in [1.29, 1.82) is 0 Å². The summed E-state index contributed by atoms with van der Waals surface area (Å²) in [6.45, 7) is 11.8. The van der Waals surface area contributed by atoms with Gasteiger partial charge in [0.25, 0.3) is 0 Å². The van der Waals surface area contributed by atoms with Gasteiger partial charge >= 0.3 is 0 Å². The Bertz CT molecular complexity index is 298. The van der Waals surface area contributed by atoms with E-state index in [-0.39, 0.29) is 0 Å². The van der Waals surface area contributed by atoms with E-state index in [0.717, 1.165) is 25.3 Å². The molecule has 0 radical (unpaired) electrons. The van der Waals surface area contributed by atoms with E-state index >= 15 is 0 Å². The molecule has 0 fully saturated rings. The molecule has 3 nitrogen and oxygen atoms in total. The van der Waals surface area contributed by atoms with E-state index in [4.69, 9.17) is 0 Å². The lowest BCUT2D eigenvalue weighted by Gasteiger charge is -2.16. The van der Waals surface area contributed by atoms with Crippen LogP contribution in [0.3, 0.4) is 0 Å². The van der Waals surface area contributed by atoms with Gasteiger partial charge in [-0.2, -0.15) is 0 Å². The Morgan fingerprint density at radius 3 is 2.69 bits per heavy atom. The molecule has 92 valence electrons. The Kier molecular flexibility index (Phi) is 5.95. The Morgan fingerprint density at radius 2 is 2.12 bits per heavy atom. The molecule has 4 heteroatoms. The number of nitrogens with zero attached hydrogens (tertiary/aromatic N) is 1. The maximum Gasteiger partial charge on any atom is 0.110 e. The average molecular weight is 241 g/mol. The first-order chi connectivity index (χ1) is 7.63. The molecule has 16 heavy (non-hydrogen) atoms. The number of aromatic nitrogens is 1.